The van der Waals surface area contributed by atoms with Gasteiger partial charge >= 0.3 is 0 Å². The van der Waals surface area contributed by atoms with Crippen LogP contribution in [0.2, 0.25) is 0 Å². The molecule has 0 saturated carbocycles. The number of aromatic nitrogens is 2. The number of aryl methyl sites for hydroxylation is 3. The fourth-order valence-corrected chi connectivity index (χ4v) is 1.97. The SMILES string of the molecule is CCNC(=NCC(=O)N(C)C)NCCCn1nc(C)cc1C. The number of rotatable bonds is 7. The van der Waals surface area contributed by atoms with E-state index in [4.69, 9.17) is 0 Å². The molecule has 0 aromatic carbocycles. The van der Waals surface area contributed by atoms with Crippen LogP contribution in [0.25, 0.3) is 0 Å². The van der Waals surface area contributed by atoms with Crippen LogP contribution in [0.5, 0.6) is 0 Å². The predicted molar refractivity (Wildman–Crippen MR) is 89.0 cm³/mol. The third kappa shape index (κ3) is 6.15. The van der Waals surface area contributed by atoms with Crippen molar-refractivity contribution in [2.24, 2.45) is 4.99 Å². The van der Waals surface area contributed by atoms with Crippen LogP contribution >= 0.6 is 0 Å². The standard InChI is InChI=1S/C15H28N6O/c1-6-16-15(18-11-14(22)20(4)5)17-8-7-9-21-13(3)10-12(2)19-21/h10H,6-9,11H2,1-5H3,(H2,16,17,18). The zero-order chi connectivity index (χ0) is 16.5. The Bertz CT molecular complexity index is 506. The molecule has 0 radical (unpaired) electrons. The Kier molecular flexibility index (Phi) is 7.42. The van der Waals surface area contributed by atoms with Gasteiger partial charge in [0.2, 0.25) is 5.91 Å². The Morgan fingerprint density at radius 3 is 2.64 bits per heavy atom. The summed E-state index contributed by atoms with van der Waals surface area (Å²) in [5.74, 6) is 0.658. The molecule has 0 bridgehead atoms. The molecule has 0 fully saturated rings. The fraction of sp³-hybridized carbons (Fsp3) is 0.667. The van der Waals surface area contributed by atoms with Gasteiger partial charge in [-0.05, 0) is 33.3 Å². The molecule has 7 nitrogen and oxygen atoms in total. The van der Waals surface area contributed by atoms with Gasteiger partial charge < -0.3 is 15.5 Å². The lowest BCUT2D eigenvalue weighted by molar-refractivity contribution is -0.127. The molecule has 1 rings (SSSR count). The quantitative estimate of drug-likeness (QED) is 0.438. The Labute approximate surface area is 132 Å². The maximum absolute atomic E-state index is 11.6. The minimum absolute atomic E-state index is 0.0140. The molecule has 124 valence electrons. The molecular weight excluding hydrogens is 280 g/mol. The summed E-state index contributed by atoms with van der Waals surface area (Å²) in [6.07, 6.45) is 0.938. The summed E-state index contributed by atoms with van der Waals surface area (Å²) in [5.41, 5.74) is 2.22. The van der Waals surface area contributed by atoms with Gasteiger partial charge in [-0.1, -0.05) is 0 Å². The lowest BCUT2D eigenvalue weighted by Gasteiger charge is -2.13. The number of nitrogens with zero attached hydrogens (tertiary/aromatic N) is 4. The van der Waals surface area contributed by atoms with Crippen LogP contribution in [0.4, 0.5) is 0 Å². The van der Waals surface area contributed by atoms with E-state index in [9.17, 15) is 4.79 Å². The normalized spacial score (nSPS) is 11.4. The van der Waals surface area contributed by atoms with Crippen molar-refractivity contribution in [1.82, 2.24) is 25.3 Å². The van der Waals surface area contributed by atoms with Crippen molar-refractivity contribution < 1.29 is 4.79 Å². The van der Waals surface area contributed by atoms with E-state index in [2.05, 4.69) is 33.7 Å². The first-order valence-electron chi connectivity index (χ1n) is 7.67. The van der Waals surface area contributed by atoms with Crippen molar-refractivity contribution in [3.8, 4) is 0 Å². The van der Waals surface area contributed by atoms with E-state index in [1.54, 1.807) is 14.1 Å². The van der Waals surface area contributed by atoms with E-state index in [0.717, 1.165) is 31.7 Å². The topological polar surface area (TPSA) is 74.6 Å². The van der Waals surface area contributed by atoms with E-state index in [1.807, 2.05) is 18.5 Å². The molecule has 1 heterocycles. The summed E-state index contributed by atoms with van der Waals surface area (Å²) >= 11 is 0. The second-order valence-corrected chi connectivity index (χ2v) is 5.41. The average molecular weight is 308 g/mol. The van der Waals surface area contributed by atoms with E-state index >= 15 is 0 Å². The van der Waals surface area contributed by atoms with Crippen LogP contribution in [-0.4, -0.2) is 60.3 Å². The van der Waals surface area contributed by atoms with Crippen LogP contribution in [0.15, 0.2) is 11.1 Å². The van der Waals surface area contributed by atoms with Crippen molar-refractivity contribution in [1.29, 1.82) is 0 Å². The highest BCUT2D eigenvalue weighted by Crippen LogP contribution is 2.02. The Balaban J connectivity index is 2.39. The molecular formula is C15H28N6O. The largest absolute Gasteiger partial charge is 0.357 e. The summed E-state index contributed by atoms with van der Waals surface area (Å²) in [4.78, 5) is 17.4. The minimum Gasteiger partial charge on any atom is -0.357 e. The second-order valence-electron chi connectivity index (χ2n) is 5.41. The van der Waals surface area contributed by atoms with E-state index in [-0.39, 0.29) is 12.5 Å². The molecule has 0 aliphatic carbocycles. The molecule has 0 atom stereocenters. The minimum atomic E-state index is -0.0140. The number of aliphatic imine (C=N–C) groups is 1. The first-order chi connectivity index (χ1) is 10.4. The molecule has 2 N–H and O–H groups in total. The van der Waals surface area contributed by atoms with Gasteiger partial charge in [-0.2, -0.15) is 5.10 Å². The van der Waals surface area contributed by atoms with Gasteiger partial charge in [0, 0.05) is 39.4 Å². The highest BCUT2D eigenvalue weighted by atomic mass is 16.2. The number of likely N-dealkylation sites (N-methyl/N-ethyl adjacent to an activating group) is 1. The highest BCUT2D eigenvalue weighted by Gasteiger charge is 2.04. The smallest absolute Gasteiger partial charge is 0.243 e. The number of nitrogens with one attached hydrogen (secondary N) is 2. The molecule has 0 aliphatic heterocycles. The Morgan fingerprint density at radius 2 is 2.09 bits per heavy atom. The number of carbonyl (C=O) groups excluding carboxylic acids is 1. The maximum Gasteiger partial charge on any atom is 0.243 e. The highest BCUT2D eigenvalue weighted by molar-refractivity contribution is 5.84. The van der Waals surface area contributed by atoms with Crippen LogP contribution in [0, 0.1) is 13.8 Å². The van der Waals surface area contributed by atoms with E-state index < -0.39 is 0 Å². The molecule has 1 aromatic rings. The Morgan fingerprint density at radius 1 is 1.36 bits per heavy atom. The van der Waals surface area contributed by atoms with Crippen LogP contribution < -0.4 is 10.6 Å². The van der Waals surface area contributed by atoms with Crippen molar-refractivity contribution in [2.45, 2.75) is 33.7 Å². The molecule has 0 aliphatic rings. The number of hydrogen-bond donors (Lipinski definition) is 2. The van der Waals surface area contributed by atoms with E-state index in [0.29, 0.717) is 5.96 Å². The molecule has 0 unspecified atom stereocenters. The van der Waals surface area contributed by atoms with Crippen molar-refractivity contribution in [3.63, 3.8) is 0 Å². The lowest BCUT2D eigenvalue weighted by atomic mass is 10.4. The fourth-order valence-electron chi connectivity index (χ4n) is 1.97. The van der Waals surface area contributed by atoms with Gasteiger partial charge in [0.15, 0.2) is 5.96 Å². The molecule has 1 amide bonds. The summed E-state index contributed by atoms with van der Waals surface area (Å²) in [5, 5.41) is 10.8. The molecule has 1 aromatic heterocycles. The van der Waals surface area contributed by atoms with Gasteiger partial charge in [0.05, 0.1) is 5.69 Å². The Hall–Kier alpha value is -2.05. The van der Waals surface area contributed by atoms with Crippen LogP contribution in [-0.2, 0) is 11.3 Å². The average Bonchev–Trinajstić information content (AvgIpc) is 2.78. The first kappa shape index (κ1) is 18.0. The van der Waals surface area contributed by atoms with Gasteiger partial charge in [0.1, 0.15) is 6.54 Å². The molecule has 0 saturated heterocycles. The van der Waals surface area contributed by atoms with Crippen molar-refractivity contribution in [2.75, 3.05) is 33.7 Å². The number of carbonyl (C=O) groups is 1. The number of hydrogen-bond acceptors (Lipinski definition) is 3. The maximum atomic E-state index is 11.6. The summed E-state index contributed by atoms with van der Waals surface area (Å²) in [7, 11) is 3.46. The van der Waals surface area contributed by atoms with Crippen LogP contribution in [0.1, 0.15) is 24.7 Å². The second kappa shape index (κ2) is 9.07. The number of guanidine groups is 1. The zero-order valence-electron chi connectivity index (χ0n) is 14.3. The first-order valence-corrected chi connectivity index (χ1v) is 7.67. The van der Waals surface area contributed by atoms with Gasteiger partial charge in [-0.15, -0.1) is 0 Å². The van der Waals surface area contributed by atoms with Crippen LogP contribution in [0.3, 0.4) is 0 Å². The van der Waals surface area contributed by atoms with Gasteiger partial charge in [0.25, 0.3) is 0 Å². The third-order valence-corrected chi connectivity index (χ3v) is 3.16. The third-order valence-electron chi connectivity index (χ3n) is 3.16. The number of amides is 1. The molecule has 22 heavy (non-hydrogen) atoms. The lowest BCUT2D eigenvalue weighted by Crippen LogP contribution is -2.39. The summed E-state index contributed by atoms with van der Waals surface area (Å²) in [6, 6.07) is 2.08. The summed E-state index contributed by atoms with van der Waals surface area (Å²) < 4.78 is 2.01. The monoisotopic (exact) mass is 308 g/mol. The van der Waals surface area contributed by atoms with Gasteiger partial charge in [-0.3, -0.25) is 9.48 Å². The van der Waals surface area contributed by atoms with Crippen molar-refractivity contribution >= 4 is 11.9 Å². The van der Waals surface area contributed by atoms with Gasteiger partial charge in [-0.25, -0.2) is 4.99 Å². The predicted octanol–water partition coefficient (Wildman–Crippen LogP) is 0.533. The summed E-state index contributed by atoms with van der Waals surface area (Å²) in [6.45, 7) is 8.62. The molecule has 0 spiro atoms. The zero-order valence-corrected chi connectivity index (χ0v) is 14.3. The van der Waals surface area contributed by atoms with E-state index in [1.165, 1.54) is 10.6 Å². The molecule has 7 heteroatoms. The van der Waals surface area contributed by atoms with Crippen molar-refractivity contribution in [3.05, 3.63) is 17.5 Å².